The van der Waals surface area contributed by atoms with Crippen molar-refractivity contribution in [3.63, 3.8) is 0 Å². The first-order valence-corrected chi connectivity index (χ1v) is 9.94. The quantitative estimate of drug-likeness (QED) is 0.693. The molecule has 2 aliphatic rings. The maximum absolute atomic E-state index is 12.7. The molecule has 0 aromatic heterocycles. The van der Waals surface area contributed by atoms with E-state index in [4.69, 9.17) is 4.74 Å². The number of amides is 1. The fourth-order valence-electron chi connectivity index (χ4n) is 4.04. The zero-order valence-corrected chi connectivity index (χ0v) is 16.2. The van der Waals surface area contributed by atoms with Crippen LogP contribution >= 0.6 is 0 Å². The number of hydrogen-bond acceptors (Lipinski definition) is 5. The maximum atomic E-state index is 12.7. The maximum Gasteiger partial charge on any atom is 0.415 e. The summed E-state index contributed by atoms with van der Waals surface area (Å²) >= 11 is 0. The fraction of sp³-hybridized carbons (Fsp3) is 0.409. The number of benzene rings is 2. The summed E-state index contributed by atoms with van der Waals surface area (Å²) < 4.78 is 5.61. The van der Waals surface area contributed by atoms with Gasteiger partial charge in [-0.3, -0.25) is 4.90 Å². The van der Waals surface area contributed by atoms with E-state index in [1.165, 1.54) is 12.8 Å². The normalized spacial score (nSPS) is 22.8. The fourth-order valence-corrected chi connectivity index (χ4v) is 4.04. The Morgan fingerprint density at radius 1 is 0.929 bits per heavy atom. The van der Waals surface area contributed by atoms with Gasteiger partial charge in [0.15, 0.2) is 0 Å². The molecule has 1 amide bonds. The second-order valence-electron chi connectivity index (χ2n) is 7.54. The summed E-state index contributed by atoms with van der Waals surface area (Å²) in [6, 6.07) is 17.7. The van der Waals surface area contributed by atoms with E-state index in [2.05, 4.69) is 22.2 Å². The highest BCUT2D eigenvalue weighted by Crippen LogP contribution is 2.28. The molecule has 6 heteroatoms. The van der Waals surface area contributed by atoms with Crippen molar-refractivity contribution in [3.05, 3.63) is 54.6 Å². The highest BCUT2D eigenvalue weighted by Gasteiger charge is 2.34. The average Bonchev–Trinajstić information content (AvgIpc) is 2.81. The van der Waals surface area contributed by atoms with E-state index in [0.29, 0.717) is 23.5 Å². The Balaban J connectivity index is 1.36. The highest BCUT2D eigenvalue weighted by atomic mass is 16.6. The zero-order chi connectivity index (χ0) is 19.3. The minimum atomic E-state index is -0.264. The molecule has 146 valence electrons. The van der Waals surface area contributed by atoms with Gasteiger partial charge in [-0.2, -0.15) is 10.2 Å². The SMILES string of the molecule is CN1C2CCCC1CN(C(=O)Oc1ccc(N=Nc3ccccc3)cc1)CC2. The third-order valence-electron chi connectivity index (χ3n) is 5.73. The molecule has 0 saturated carbocycles. The van der Waals surface area contributed by atoms with E-state index in [9.17, 15) is 4.79 Å². The lowest BCUT2D eigenvalue weighted by Gasteiger charge is -2.37. The number of fused-ring (bicyclic) bond motifs is 2. The highest BCUT2D eigenvalue weighted by molar-refractivity contribution is 5.71. The van der Waals surface area contributed by atoms with E-state index >= 15 is 0 Å². The molecule has 2 heterocycles. The minimum Gasteiger partial charge on any atom is -0.410 e. The number of likely N-dealkylation sites (N-methyl/N-ethyl adjacent to an activating group) is 1. The van der Waals surface area contributed by atoms with Gasteiger partial charge >= 0.3 is 6.09 Å². The largest absolute Gasteiger partial charge is 0.415 e. The Kier molecular flexibility index (Phi) is 5.67. The van der Waals surface area contributed by atoms with Gasteiger partial charge in [-0.15, -0.1) is 0 Å². The summed E-state index contributed by atoms with van der Waals surface area (Å²) in [6.45, 7) is 1.50. The lowest BCUT2D eigenvalue weighted by molar-refractivity contribution is 0.111. The van der Waals surface area contributed by atoms with Crippen molar-refractivity contribution < 1.29 is 9.53 Å². The lowest BCUT2D eigenvalue weighted by Crippen LogP contribution is -2.46. The van der Waals surface area contributed by atoms with Gasteiger partial charge in [-0.25, -0.2) is 4.79 Å². The molecule has 2 unspecified atom stereocenters. The minimum absolute atomic E-state index is 0.264. The number of hydrogen-bond donors (Lipinski definition) is 0. The van der Waals surface area contributed by atoms with Gasteiger partial charge in [0.2, 0.25) is 0 Å². The third-order valence-corrected chi connectivity index (χ3v) is 5.73. The number of rotatable bonds is 3. The van der Waals surface area contributed by atoms with Crippen molar-refractivity contribution in [1.82, 2.24) is 9.80 Å². The molecule has 2 fully saturated rings. The van der Waals surface area contributed by atoms with Crippen molar-refractivity contribution in [1.29, 1.82) is 0 Å². The van der Waals surface area contributed by atoms with Crippen LogP contribution in [0.25, 0.3) is 0 Å². The summed E-state index contributed by atoms with van der Waals surface area (Å²) in [5.74, 6) is 0.532. The third kappa shape index (κ3) is 4.39. The molecule has 2 aromatic carbocycles. The molecular weight excluding hydrogens is 352 g/mol. The summed E-state index contributed by atoms with van der Waals surface area (Å²) in [5.41, 5.74) is 1.52. The van der Waals surface area contributed by atoms with Gasteiger partial charge in [-0.1, -0.05) is 24.6 Å². The number of ether oxygens (including phenoxy) is 1. The van der Waals surface area contributed by atoms with E-state index in [1.54, 1.807) is 24.3 Å². The van der Waals surface area contributed by atoms with Gasteiger partial charge in [0.25, 0.3) is 0 Å². The van der Waals surface area contributed by atoms with E-state index in [0.717, 1.165) is 31.6 Å². The molecule has 4 rings (SSSR count). The van der Waals surface area contributed by atoms with Crippen molar-refractivity contribution in [3.8, 4) is 5.75 Å². The van der Waals surface area contributed by atoms with Crippen LogP contribution in [0.3, 0.4) is 0 Å². The number of carbonyl (C=O) groups is 1. The molecule has 0 radical (unpaired) electrons. The molecule has 0 aliphatic carbocycles. The van der Waals surface area contributed by atoms with Crippen molar-refractivity contribution in [2.24, 2.45) is 10.2 Å². The molecule has 2 saturated heterocycles. The molecule has 0 spiro atoms. The van der Waals surface area contributed by atoms with Gasteiger partial charge in [0.1, 0.15) is 5.75 Å². The van der Waals surface area contributed by atoms with Crippen LogP contribution in [-0.4, -0.2) is 48.1 Å². The Hall–Kier alpha value is -2.73. The Bertz CT molecular complexity index is 822. The molecular formula is C22H26N4O2. The van der Waals surface area contributed by atoms with Crippen molar-refractivity contribution >= 4 is 17.5 Å². The van der Waals surface area contributed by atoms with Crippen LogP contribution in [0.5, 0.6) is 5.75 Å². The van der Waals surface area contributed by atoms with Gasteiger partial charge in [0.05, 0.1) is 11.4 Å². The Morgan fingerprint density at radius 2 is 1.61 bits per heavy atom. The second-order valence-corrected chi connectivity index (χ2v) is 7.54. The molecule has 2 aromatic rings. The van der Waals surface area contributed by atoms with Crippen LogP contribution in [0.1, 0.15) is 25.7 Å². The van der Waals surface area contributed by atoms with E-state index < -0.39 is 0 Å². The van der Waals surface area contributed by atoms with Crippen molar-refractivity contribution in [2.75, 3.05) is 20.1 Å². The smallest absolute Gasteiger partial charge is 0.410 e. The van der Waals surface area contributed by atoms with Crippen molar-refractivity contribution in [2.45, 2.75) is 37.8 Å². The summed E-state index contributed by atoms with van der Waals surface area (Å²) in [7, 11) is 2.19. The predicted molar refractivity (Wildman–Crippen MR) is 108 cm³/mol. The first-order valence-electron chi connectivity index (χ1n) is 9.94. The Labute approximate surface area is 165 Å². The topological polar surface area (TPSA) is 57.5 Å². The van der Waals surface area contributed by atoms with Crippen LogP contribution in [0.2, 0.25) is 0 Å². The van der Waals surface area contributed by atoms with Crippen LogP contribution in [0.15, 0.2) is 64.8 Å². The summed E-state index contributed by atoms with van der Waals surface area (Å²) in [5, 5.41) is 8.41. The Morgan fingerprint density at radius 3 is 2.36 bits per heavy atom. The number of azo groups is 1. The van der Waals surface area contributed by atoms with E-state index in [-0.39, 0.29) is 6.09 Å². The monoisotopic (exact) mass is 378 g/mol. The number of nitrogens with zero attached hydrogens (tertiary/aromatic N) is 4. The van der Waals surface area contributed by atoms with Gasteiger partial charge in [0, 0.05) is 25.2 Å². The second kappa shape index (κ2) is 8.52. The molecule has 2 aliphatic heterocycles. The summed E-state index contributed by atoms with van der Waals surface area (Å²) in [6.07, 6.45) is 4.38. The van der Waals surface area contributed by atoms with Crippen LogP contribution in [0, 0.1) is 0 Å². The summed E-state index contributed by atoms with van der Waals surface area (Å²) in [4.78, 5) is 17.0. The predicted octanol–water partition coefficient (Wildman–Crippen LogP) is 5.16. The lowest BCUT2D eigenvalue weighted by atomic mass is 9.96. The van der Waals surface area contributed by atoms with Gasteiger partial charge in [-0.05, 0) is 62.7 Å². The first kappa shape index (κ1) is 18.6. The number of carbonyl (C=O) groups excluding carboxylic acids is 1. The van der Waals surface area contributed by atoms with Crippen LogP contribution < -0.4 is 4.74 Å². The van der Waals surface area contributed by atoms with Gasteiger partial charge < -0.3 is 9.64 Å². The molecule has 6 nitrogen and oxygen atoms in total. The standard InChI is InChI=1S/C22H26N4O2/c1-25-19-8-5-9-20(25)16-26(15-14-19)22(27)28-21-12-10-18(11-13-21)24-23-17-6-3-2-4-7-17/h2-4,6-7,10-13,19-20H,5,8-9,14-16H2,1H3. The van der Waals surface area contributed by atoms with Crippen LogP contribution in [-0.2, 0) is 0 Å². The number of piperidine rings is 1. The van der Waals surface area contributed by atoms with Crippen LogP contribution in [0.4, 0.5) is 16.2 Å². The van der Waals surface area contributed by atoms with E-state index in [1.807, 2.05) is 35.2 Å². The molecule has 2 bridgehead atoms. The molecule has 28 heavy (non-hydrogen) atoms. The first-order chi connectivity index (χ1) is 13.7. The molecule has 2 atom stereocenters. The average molecular weight is 378 g/mol. The zero-order valence-electron chi connectivity index (χ0n) is 16.2. The molecule has 0 N–H and O–H groups in total.